The molecule has 1 rings (SSSR count). The van der Waals surface area contributed by atoms with Crippen LogP contribution >= 0.6 is 0 Å². The zero-order valence-electron chi connectivity index (χ0n) is 11.8. The highest BCUT2D eigenvalue weighted by Gasteiger charge is 2.28. The van der Waals surface area contributed by atoms with Gasteiger partial charge in [-0.2, -0.15) is 0 Å². The average Bonchev–Trinajstić information content (AvgIpc) is 2.84. The van der Waals surface area contributed by atoms with Crippen LogP contribution in [-0.2, 0) is 9.53 Å². The Labute approximate surface area is 114 Å². The molecule has 1 N–H and O–H groups in total. The highest BCUT2D eigenvalue weighted by atomic mass is 16.5. The minimum atomic E-state index is -0.765. The smallest absolute Gasteiger partial charge is 0.319 e. The number of ether oxygens (including phenoxy) is 1. The fourth-order valence-corrected chi connectivity index (χ4v) is 2.25. The van der Waals surface area contributed by atoms with E-state index in [2.05, 4.69) is 0 Å². The summed E-state index contributed by atoms with van der Waals surface area (Å²) in [5.74, 6) is -0.445. The predicted molar refractivity (Wildman–Crippen MR) is 71.1 cm³/mol. The Bertz CT molecular complexity index is 309. The van der Waals surface area contributed by atoms with Crippen LogP contribution in [0.1, 0.15) is 26.2 Å². The number of amides is 2. The van der Waals surface area contributed by atoms with Crippen LogP contribution in [-0.4, -0.2) is 66.8 Å². The van der Waals surface area contributed by atoms with Crippen LogP contribution in [0, 0.1) is 5.92 Å². The predicted octanol–water partition coefficient (Wildman–Crippen LogP) is 1.26. The van der Waals surface area contributed by atoms with Gasteiger partial charge in [0.25, 0.3) is 0 Å². The molecule has 19 heavy (non-hydrogen) atoms. The maximum atomic E-state index is 12.1. The normalized spacial score (nSPS) is 18.6. The zero-order valence-corrected chi connectivity index (χ0v) is 11.8. The van der Waals surface area contributed by atoms with Crippen molar-refractivity contribution in [1.29, 1.82) is 0 Å². The Morgan fingerprint density at radius 3 is 2.84 bits per heavy atom. The highest BCUT2D eigenvalue weighted by molar-refractivity contribution is 5.74. The van der Waals surface area contributed by atoms with Gasteiger partial charge in [-0.15, -0.1) is 0 Å². The van der Waals surface area contributed by atoms with Crippen molar-refractivity contribution in [3.8, 4) is 0 Å². The standard InChI is InChI=1S/C13H24N2O4/c1-3-19-9-8-14(2)13(18)15-7-6-11(10-15)4-5-12(16)17/h11H,3-10H2,1-2H3,(H,16,17). The second kappa shape index (κ2) is 7.99. The van der Waals surface area contributed by atoms with E-state index in [0.29, 0.717) is 38.6 Å². The van der Waals surface area contributed by atoms with Crippen LogP contribution in [0.2, 0.25) is 0 Å². The Balaban J connectivity index is 2.28. The molecule has 1 atom stereocenters. The van der Waals surface area contributed by atoms with Crippen molar-refractivity contribution in [3.63, 3.8) is 0 Å². The lowest BCUT2D eigenvalue weighted by molar-refractivity contribution is -0.137. The van der Waals surface area contributed by atoms with Gasteiger partial charge >= 0.3 is 12.0 Å². The molecule has 1 aliphatic heterocycles. The third-order valence-corrected chi connectivity index (χ3v) is 3.42. The van der Waals surface area contributed by atoms with E-state index in [0.717, 1.165) is 13.0 Å². The topological polar surface area (TPSA) is 70.1 Å². The molecule has 0 aromatic rings. The van der Waals surface area contributed by atoms with Gasteiger partial charge in [0, 0.05) is 39.7 Å². The quantitative estimate of drug-likeness (QED) is 0.708. The minimum Gasteiger partial charge on any atom is -0.481 e. The number of nitrogens with zero attached hydrogens (tertiary/aromatic N) is 2. The van der Waals surface area contributed by atoms with Gasteiger partial charge in [0.1, 0.15) is 0 Å². The number of rotatable bonds is 7. The van der Waals surface area contributed by atoms with Crippen LogP contribution < -0.4 is 0 Å². The lowest BCUT2D eigenvalue weighted by Gasteiger charge is -2.24. The Morgan fingerprint density at radius 1 is 1.47 bits per heavy atom. The van der Waals surface area contributed by atoms with Gasteiger partial charge in [-0.05, 0) is 25.7 Å². The summed E-state index contributed by atoms with van der Waals surface area (Å²) in [5, 5.41) is 8.65. The van der Waals surface area contributed by atoms with Crippen LogP contribution in [0.5, 0.6) is 0 Å². The van der Waals surface area contributed by atoms with Crippen molar-refractivity contribution in [2.24, 2.45) is 5.92 Å². The molecule has 1 aliphatic rings. The maximum absolute atomic E-state index is 12.1. The molecule has 6 heteroatoms. The largest absolute Gasteiger partial charge is 0.481 e. The molecule has 0 radical (unpaired) electrons. The molecular formula is C13H24N2O4. The van der Waals surface area contributed by atoms with E-state index < -0.39 is 5.97 Å². The van der Waals surface area contributed by atoms with Gasteiger partial charge < -0.3 is 19.6 Å². The molecule has 2 amide bonds. The van der Waals surface area contributed by atoms with Gasteiger partial charge in [0.05, 0.1) is 6.61 Å². The van der Waals surface area contributed by atoms with Crippen molar-refractivity contribution in [3.05, 3.63) is 0 Å². The van der Waals surface area contributed by atoms with Gasteiger partial charge in [-0.1, -0.05) is 0 Å². The summed E-state index contributed by atoms with van der Waals surface area (Å²) in [5.41, 5.74) is 0. The van der Waals surface area contributed by atoms with Crippen molar-refractivity contribution in [2.75, 3.05) is 39.9 Å². The third kappa shape index (κ3) is 5.46. The van der Waals surface area contributed by atoms with E-state index in [-0.39, 0.29) is 12.5 Å². The second-order valence-electron chi connectivity index (χ2n) is 4.93. The van der Waals surface area contributed by atoms with E-state index in [1.165, 1.54) is 0 Å². The van der Waals surface area contributed by atoms with Crippen molar-refractivity contribution < 1.29 is 19.4 Å². The van der Waals surface area contributed by atoms with E-state index in [1.54, 1.807) is 16.8 Å². The van der Waals surface area contributed by atoms with Crippen LogP contribution in [0.3, 0.4) is 0 Å². The van der Waals surface area contributed by atoms with E-state index in [1.807, 2.05) is 6.92 Å². The lowest BCUT2D eigenvalue weighted by atomic mass is 10.0. The molecule has 110 valence electrons. The fourth-order valence-electron chi connectivity index (χ4n) is 2.25. The molecule has 0 aromatic carbocycles. The molecule has 0 aromatic heterocycles. The number of hydrogen-bond donors (Lipinski definition) is 1. The van der Waals surface area contributed by atoms with Gasteiger partial charge in [-0.3, -0.25) is 4.79 Å². The van der Waals surface area contributed by atoms with Gasteiger partial charge in [0.15, 0.2) is 0 Å². The number of carboxylic acids is 1. The molecule has 0 bridgehead atoms. The summed E-state index contributed by atoms with van der Waals surface area (Å²) in [4.78, 5) is 26.1. The first-order chi connectivity index (χ1) is 9.04. The number of likely N-dealkylation sites (tertiary alicyclic amines) is 1. The van der Waals surface area contributed by atoms with Crippen LogP contribution in [0.15, 0.2) is 0 Å². The number of urea groups is 1. The molecule has 1 saturated heterocycles. The number of hydrogen-bond acceptors (Lipinski definition) is 3. The average molecular weight is 272 g/mol. The molecule has 1 fully saturated rings. The summed E-state index contributed by atoms with van der Waals surface area (Å²) in [6.45, 7) is 5.11. The summed E-state index contributed by atoms with van der Waals surface area (Å²) in [6.07, 6.45) is 1.74. The number of carbonyl (C=O) groups excluding carboxylic acids is 1. The SMILES string of the molecule is CCOCCN(C)C(=O)N1CCC(CCC(=O)O)C1. The second-order valence-corrected chi connectivity index (χ2v) is 4.93. The molecular weight excluding hydrogens is 248 g/mol. The van der Waals surface area contributed by atoms with Gasteiger partial charge in [-0.25, -0.2) is 4.79 Å². The molecule has 0 aliphatic carbocycles. The zero-order chi connectivity index (χ0) is 14.3. The minimum absolute atomic E-state index is 0.0116. The Morgan fingerprint density at radius 2 is 2.21 bits per heavy atom. The molecule has 0 spiro atoms. The first-order valence-corrected chi connectivity index (χ1v) is 6.84. The Kier molecular flexibility index (Phi) is 6.62. The molecule has 1 unspecified atom stereocenters. The first-order valence-electron chi connectivity index (χ1n) is 6.84. The van der Waals surface area contributed by atoms with E-state index in [9.17, 15) is 9.59 Å². The lowest BCUT2D eigenvalue weighted by Crippen LogP contribution is -2.41. The highest BCUT2D eigenvalue weighted by Crippen LogP contribution is 2.21. The van der Waals surface area contributed by atoms with Crippen molar-refractivity contribution >= 4 is 12.0 Å². The van der Waals surface area contributed by atoms with E-state index in [4.69, 9.17) is 9.84 Å². The Hall–Kier alpha value is -1.30. The van der Waals surface area contributed by atoms with E-state index >= 15 is 0 Å². The maximum Gasteiger partial charge on any atom is 0.319 e. The molecule has 1 heterocycles. The van der Waals surface area contributed by atoms with Crippen LogP contribution in [0.25, 0.3) is 0 Å². The van der Waals surface area contributed by atoms with Gasteiger partial charge in [0.2, 0.25) is 0 Å². The number of aliphatic carboxylic acids is 1. The first kappa shape index (κ1) is 15.8. The van der Waals surface area contributed by atoms with Crippen molar-refractivity contribution in [2.45, 2.75) is 26.2 Å². The molecule has 0 saturated carbocycles. The third-order valence-electron chi connectivity index (χ3n) is 3.42. The molecule has 6 nitrogen and oxygen atoms in total. The number of carbonyl (C=O) groups is 2. The monoisotopic (exact) mass is 272 g/mol. The number of carboxylic acid groups (broad SMARTS) is 1. The summed E-state index contributed by atoms with van der Waals surface area (Å²) in [7, 11) is 1.77. The van der Waals surface area contributed by atoms with Crippen molar-refractivity contribution in [1.82, 2.24) is 9.80 Å². The fraction of sp³-hybridized carbons (Fsp3) is 0.846. The summed E-state index contributed by atoms with van der Waals surface area (Å²) in [6, 6.07) is 0.0116. The number of likely N-dealkylation sites (N-methyl/N-ethyl adjacent to an activating group) is 1. The summed E-state index contributed by atoms with van der Waals surface area (Å²) >= 11 is 0. The van der Waals surface area contributed by atoms with Crippen LogP contribution in [0.4, 0.5) is 4.79 Å². The summed E-state index contributed by atoms with van der Waals surface area (Å²) < 4.78 is 5.23.